The molecule has 2 heterocycles. The number of para-hydroxylation sites is 5. The second kappa shape index (κ2) is 9.24. The van der Waals surface area contributed by atoms with Crippen molar-refractivity contribution >= 4 is 43.6 Å². The maximum Gasteiger partial charge on any atom is 0.102 e. The first kappa shape index (κ1) is 23.8. The van der Waals surface area contributed by atoms with Crippen LogP contribution in [0.15, 0.2) is 133 Å². The summed E-state index contributed by atoms with van der Waals surface area (Å²) in [5.41, 5.74) is 8.41. The quantitative estimate of drug-likeness (QED) is 0.227. The van der Waals surface area contributed by atoms with Gasteiger partial charge in [0.05, 0.1) is 44.6 Å². The summed E-state index contributed by atoms with van der Waals surface area (Å²) in [6, 6.07) is 49.9. The molecule has 2 aromatic heterocycles. The highest BCUT2D eigenvalue weighted by Gasteiger charge is 2.22. The van der Waals surface area contributed by atoms with Crippen LogP contribution in [0.5, 0.6) is 0 Å². The minimum absolute atomic E-state index is 0.546. The van der Waals surface area contributed by atoms with Crippen LogP contribution >= 0.6 is 0 Å². The van der Waals surface area contributed by atoms with E-state index in [1.165, 1.54) is 0 Å². The van der Waals surface area contributed by atoms with Crippen LogP contribution in [0.4, 0.5) is 0 Å². The van der Waals surface area contributed by atoms with E-state index < -0.39 is 0 Å². The van der Waals surface area contributed by atoms with E-state index >= 15 is 0 Å². The van der Waals surface area contributed by atoms with Crippen LogP contribution in [0, 0.1) is 22.7 Å². The Balaban J connectivity index is 1.49. The van der Waals surface area contributed by atoms with Gasteiger partial charge in [-0.15, -0.1) is 0 Å². The number of nitrogens with zero attached hydrogens (tertiary/aromatic N) is 4. The molecule has 0 aliphatic carbocycles. The summed E-state index contributed by atoms with van der Waals surface area (Å²) < 4.78 is 4.35. The molecular formula is C38H22N4. The molecule has 0 aliphatic heterocycles. The van der Waals surface area contributed by atoms with E-state index in [2.05, 4.69) is 69.8 Å². The van der Waals surface area contributed by atoms with Crippen LogP contribution in [0.2, 0.25) is 0 Å². The van der Waals surface area contributed by atoms with Crippen LogP contribution in [-0.4, -0.2) is 9.13 Å². The number of benzene rings is 6. The summed E-state index contributed by atoms with van der Waals surface area (Å²) in [6.45, 7) is 0. The molecule has 0 unspecified atom stereocenters. The Morgan fingerprint density at radius 1 is 0.405 bits per heavy atom. The zero-order valence-corrected chi connectivity index (χ0v) is 22.5. The molecule has 0 atom stereocenters. The van der Waals surface area contributed by atoms with Crippen molar-refractivity contribution in [3.63, 3.8) is 0 Å². The summed E-state index contributed by atoms with van der Waals surface area (Å²) in [5, 5.41) is 25.6. The Kier molecular flexibility index (Phi) is 5.22. The van der Waals surface area contributed by atoms with Gasteiger partial charge in [-0.05, 0) is 36.4 Å². The Labute approximate surface area is 242 Å². The highest BCUT2D eigenvalue weighted by molar-refractivity contribution is 6.11. The predicted molar refractivity (Wildman–Crippen MR) is 170 cm³/mol. The van der Waals surface area contributed by atoms with Crippen molar-refractivity contribution in [3.8, 4) is 34.6 Å². The molecule has 6 aromatic carbocycles. The minimum Gasteiger partial charge on any atom is -0.308 e. The zero-order chi connectivity index (χ0) is 28.2. The zero-order valence-electron chi connectivity index (χ0n) is 22.5. The molecule has 0 bridgehead atoms. The van der Waals surface area contributed by atoms with Gasteiger partial charge in [0.2, 0.25) is 0 Å². The highest BCUT2D eigenvalue weighted by atomic mass is 15.0. The fourth-order valence-electron chi connectivity index (χ4n) is 6.51. The van der Waals surface area contributed by atoms with Crippen LogP contribution in [0.25, 0.3) is 66.1 Å². The number of fused-ring (bicyclic) bond motifs is 6. The predicted octanol–water partition coefficient (Wildman–Crippen LogP) is 9.29. The van der Waals surface area contributed by atoms with E-state index in [0.29, 0.717) is 11.1 Å². The van der Waals surface area contributed by atoms with Crippen LogP contribution in [-0.2, 0) is 0 Å². The maximum absolute atomic E-state index is 10.8. The third-order valence-corrected chi connectivity index (χ3v) is 8.23. The lowest BCUT2D eigenvalue weighted by atomic mass is 9.95. The van der Waals surface area contributed by atoms with Crippen LogP contribution in [0.3, 0.4) is 0 Å². The van der Waals surface area contributed by atoms with E-state index in [1.807, 2.05) is 84.9 Å². The first-order chi connectivity index (χ1) is 20.8. The molecule has 0 saturated heterocycles. The van der Waals surface area contributed by atoms with E-state index in [1.54, 1.807) is 0 Å². The molecule has 0 aliphatic rings. The van der Waals surface area contributed by atoms with Gasteiger partial charge >= 0.3 is 0 Å². The summed E-state index contributed by atoms with van der Waals surface area (Å²) in [5.74, 6) is 0. The fourth-order valence-corrected chi connectivity index (χ4v) is 6.51. The molecule has 194 valence electrons. The molecule has 4 heteroatoms. The van der Waals surface area contributed by atoms with Crippen molar-refractivity contribution in [2.45, 2.75) is 0 Å². The van der Waals surface area contributed by atoms with Gasteiger partial charge in [-0.25, -0.2) is 0 Å². The first-order valence-electron chi connectivity index (χ1n) is 13.8. The summed E-state index contributed by atoms with van der Waals surface area (Å²) >= 11 is 0. The molecule has 0 fully saturated rings. The Hall–Kier alpha value is -6.10. The van der Waals surface area contributed by atoms with Gasteiger partial charge in [-0.1, -0.05) is 97.1 Å². The average molecular weight is 535 g/mol. The number of nitriles is 2. The molecule has 0 spiro atoms. The molecule has 42 heavy (non-hydrogen) atoms. The van der Waals surface area contributed by atoms with Gasteiger partial charge in [-0.3, -0.25) is 0 Å². The number of rotatable bonds is 3. The van der Waals surface area contributed by atoms with Crippen LogP contribution < -0.4 is 0 Å². The minimum atomic E-state index is 0.546. The molecule has 4 nitrogen and oxygen atoms in total. The topological polar surface area (TPSA) is 57.4 Å². The molecule has 0 amide bonds. The van der Waals surface area contributed by atoms with Gasteiger partial charge in [-0.2, -0.15) is 10.5 Å². The van der Waals surface area contributed by atoms with Crippen molar-refractivity contribution < 1.29 is 0 Å². The second-order valence-corrected chi connectivity index (χ2v) is 10.4. The van der Waals surface area contributed by atoms with Crippen molar-refractivity contribution in [2.75, 3.05) is 0 Å². The van der Waals surface area contributed by atoms with Crippen molar-refractivity contribution in [2.24, 2.45) is 0 Å². The fraction of sp³-hybridized carbons (Fsp3) is 0. The number of hydrogen-bond acceptors (Lipinski definition) is 2. The lowest BCUT2D eigenvalue weighted by molar-refractivity contribution is 1.15. The molecule has 8 rings (SSSR count). The van der Waals surface area contributed by atoms with Gasteiger partial charge < -0.3 is 9.13 Å². The molecule has 0 saturated carbocycles. The second-order valence-electron chi connectivity index (χ2n) is 10.4. The largest absolute Gasteiger partial charge is 0.308 e. The van der Waals surface area contributed by atoms with E-state index in [-0.39, 0.29) is 0 Å². The summed E-state index contributed by atoms with van der Waals surface area (Å²) in [6.07, 6.45) is 0. The van der Waals surface area contributed by atoms with E-state index in [4.69, 9.17) is 0 Å². The van der Waals surface area contributed by atoms with Gasteiger partial charge in [0.1, 0.15) is 12.1 Å². The Morgan fingerprint density at radius 2 is 0.857 bits per heavy atom. The lowest BCUT2D eigenvalue weighted by Gasteiger charge is -2.18. The maximum atomic E-state index is 10.8. The third-order valence-electron chi connectivity index (χ3n) is 8.23. The number of hydrogen-bond donors (Lipinski definition) is 0. The van der Waals surface area contributed by atoms with E-state index in [0.717, 1.165) is 66.1 Å². The smallest absolute Gasteiger partial charge is 0.102 e. The molecule has 8 aromatic rings. The van der Waals surface area contributed by atoms with Gasteiger partial charge in [0.15, 0.2) is 0 Å². The first-order valence-corrected chi connectivity index (χ1v) is 13.8. The normalized spacial score (nSPS) is 11.3. The standard InChI is InChI=1S/C38H22N4/c39-23-25-11-9-17-31(38(25)42-35-20-7-3-14-29(35)30-15-4-8-21-36(30)42)26-16-10-22-37(32(26)24-40)41-33-18-5-1-12-27(33)28-13-2-6-19-34(28)41/h1-22H. The summed E-state index contributed by atoms with van der Waals surface area (Å²) in [4.78, 5) is 0. The van der Waals surface area contributed by atoms with Crippen molar-refractivity contribution in [1.29, 1.82) is 10.5 Å². The SMILES string of the molecule is N#Cc1cccc(-c2cccc(-n3c4ccccc4c4ccccc43)c2C#N)c1-n1c2ccccc2c2ccccc21. The number of aromatic nitrogens is 2. The Morgan fingerprint density at radius 3 is 1.36 bits per heavy atom. The average Bonchev–Trinajstić information content (AvgIpc) is 3.57. The molecular weight excluding hydrogens is 512 g/mol. The van der Waals surface area contributed by atoms with Crippen molar-refractivity contribution in [1.82, 2.24) is 9.13 Å². The van der Waals surface area contributed by atoms with Crippen molar-refractivity contribution in [3.05, 3.63) is 145 Å². The third kappa shape index (κ3) is 3.27. The van der Waals surface area contributed by atoms with Gasteiger partial charge in [0.25, 0.3) is 0 Å². The van der Waals surface area contributed by atoms with Gasteiger partial charge in [0, 0.05) is 32.7 Å². The monoisotopic (exact) mass is 534 g/mol. The Bertz CT molecular complexity index is 2340. The van der Waals surface area contributed by atoms with E-state index in [9.17, 15) is 10.5 Å². The summed E-state index contributed by atoms with van der Waals surface area (Å²) in [7, 11) is 0. The highest BCUT2D eigenvalue weighted by Crippen LogP contribution is 2.41. The molecule has 0 N–H and O–H groups in total. The molecule has 0 radical (unpaired) electrons. The van der Waals surface area contributed by atoms with Crippen LogP contribution in [0.1, 0.15) is 11.1 Å². The lowest BCUT2D eigenvalue weighted by Crippen LogP contribution is -2.04.